The Morgan fingerprint density at radius 3 is 2.28 bits per heavy atom. The van der Waals surface area contributed by atoms with Crippen molar-refractivity contribution in [2.45, 2.75) is 24.3 Å². The molecule has 2 aliphatic heterocycles. The van der Waals surface area contributed by atoms with Gasteiger partial charge in [0.15, 0.2) is 9.84 Å². The topological polar surface area (TPSA) is 84.0 Å². The summed E-state index contributed by atoms with van der Waals surface area (Å²) in [7, 11) is -6.45. The molecular weight excluding hydrogens is 364 g/mol. The Kier molecular flexibility index (Phi) is 5.38. The summed E-state index contributed by atoms with van der Waals surface area (Å²) in [5.41, 5.74) is 0. The van der Waals surface area contributed by atoms with E-state index in [9.17, 15) is 16.8 Å². The van der Waals surface area contributed by atoms with Crippen molar-refractivity contribution < 1.29 is 21.6 Å². The SMILES string of the molecule is CCOc1ccc(S(=O)(=O)N2CCN(C3CCS(=O)(=O)C3)CC2)cc1. The molecule has 0 aliphatic carbocycles. The van der Waals surface area contributed by atoms with Crippen LogP contribution in [0.2, 0.25) is 0 Å². The number of sulfonamides is 1. The highest BCUT2D eigenvalue weighted by Crippen LogP contribution is 2.23. The van der Waals surface area contributed by atoms with Gasteiger partial charge in [0.25, 0.3) is 0 Å². The lowest BCUT2D eigenvalue weighted by atomic mass is 10.2. The van der Waals surface area contributed by atoms with Crippen LogP contribution in [-0.4, -0.2) is 76.4 Å². The maximum absolute atomic E-state index is 12.8. The predicted molar refractivity (Wildman–Crippen MR) is 95.0 cm³/mol. The third-order valence-electron chi connectivity index (χ3n) is 4.77. The highest BCUT2D eigenvalue weighted by molar-refractivity contribution is 7.91. The van der Waals surface area contributed by atoms with E-state index in [1.807, 2.05) is 6.92 Å². The predicted octanol–water partition coefficient (Wildman–Crippen LogP) is 0.579. The fourth-order valence-corrected chi connectivity index (χ4v) is 6.58. The molecule has 140 valence electrons. The summed E-state index contributed by atoms with van der Waals surface area (Å²) in [4.78, 5) is 2.36. The molecule has 9 heteroatoms. The summed E-state index contributed by atoms with van der Waals surface area (Å²) in [5.74, 6) is 1.08. The van der Waals surface area contributed by atoms with Crippen LogP contribution in [0.5, 0.6) is 5.75 Å². The van der Waals surface area contributed by atoms with Crippen LogP contribution in [0.25, 0.3) is 0 Å². The Labute approximate surface area is 149 Å². The Morgan fingerprint density at radius 2 is 1.76 bits per heavy atom. The molecule has 1 aromatic carbocycles. The third-order valence-corrected chi connectivity index (χ3v) is 8.43. The zero-order valence-electron chi connectivity index (χ0n) is 14.3. The van der Waals surface area contributed by atoms with E-state index in [1.54, 1.807) is 24.3 Å². The highest BCUT2D eigenvalue weighted by atomic mass is 32.2. The summed E-state index contributed by atoms with van der Waals surface area (Å²) >= 11 is 0. The summed E-state index contributed by atoms with van der Waals surface area (Å²) in [6, 6.07) is 6.48. The van der Waals surface area contributed by atoms with Crippen LogP contribution >= 0.6 is 0 Å². The van der Waals surface area contributed by atoms with Crippen molar-refractivity contribution >= 4 is 19.9 Å². The maximum Gasteiger partial charge on any atom is 0.243 e. The highest BCUT2D eigenvalue weighted by Gasteiger charge is 2.36. The molecule has 3 rings (SSSR count). The molecule has 2 aliphatic rings. The number of benzene rings is 1. The molecule has 0 bridgehead atoms. The molecule has 2 saturated heterocycles. The molecule has 0 N–H and O–H groups in total. The zero-order valence-corrected chi connectivity index (χ0v) is 15.9. The Hall–Kier alpha value is -1.16. The Bertz CT molecular complexity index is 797. The normalized spacial score (nSPS) is 25.1. The van der Waals surface area contributed by atoms with Gasteiger partial charge in [-0.25, -0.2) is 16.8 Å². The number of hydrogen-bond acceptors (Lipinski definition) is 6. The largest absolute Gasteiger partial charge is 0.494 e. The molecule has 7 nitrogen and oxygen atoms in total. The van der Waals surface area contributed by atoms with Gasteiger partial charge in [-0.2, -0.15) is 4.31 Å². The van der Waals surface area contributed by atoms with Gasteiger partial charge in [0.2, 0.25) is 10.0 Å². The first-order chi connectivity index (χ1) is 11.8. The molecule has 1 atom stereocenters. The van der Waals surface area contributed by atoms with E-state index in [-0.39, 0.29) is 22.4 Å². The molecule has 1 unspecified atom stereocenters. The first-order valence-electron chi connectivity index (χ1n) is 8.49. The molecule has 0 spiro atoms. The lowest BCUT2D eigenvalue weighted by Crippen LogP contribution is -2.52. The van der Waals surface area contributed by atoms with E-state index >= 15 is 0 Å². The van der Waals surface area contributed by atoms with Gasteiger partial charge in [-0.3, -0.25) is 4.90 Å². The molecule has 2 fully saturated rings. The van der Waals surface area contributed by atoms with Gasteiger partial charge in [0.05, 0.1) is 23.0 Å². The molecule has 0 radical (unpaired) electrons. The number of hydrogen-bond donors (Lipinski definition) is 0. The first kappa shape index (κ1) is 18.6. The molecule has 0 aromatic heterocycles. The van der Waals surface area contributed by atoms with Crippen LogP contribution < -0.4 is 4.74 Å². The maximum atomic E-state index is 12.8. The summed E-state index contributed by atoms with van der Waals surface area (Å²) in [5, 5.41) is 0. The number of rotatable bonds is 5. The van der Waals surface area contributed by atoms with Gasteiger partial charge in [0.1, 0.15) is 5.75 Å². The van der Waals surface area contributed by atoms with E-state index in [0.29, 0.717) is 45.0 Å². The van der Waals surface area contributed by atoms with E-state index in [4.69, 9.17) is 4.74 Å². The van der Waals surface area contributed by atoms with Gasteiger partial charge >= 0.3 is 0 Å². The second-order valence-electron chi connectivity index (χ2n) is 6.40. The standard InChI is InChI=1S/C16H24N2O5S2/c1-2-23-15-3-5-16(6-4-15)25(21,22)18-10-8-17(9-11-18)14-7-12-24(19,20)13-14/h3-6,14H,2,7-13H2,1H3. The van der Waals surface area contributed by atoms with Crippen molar-refractivity contribution in [3.63, 3.8) is 0 Å². The van der Waals surface area contributed by atoms with Crippen LogP contribution in [0.15, 0.2) is 29.2 Å². The minimum atomic E-state index is -3.53. The van der Waals surface area contributed by atoms with E-state index in [2.05, 4.69) is 4.90 Å². The van der Waals surface area contributed by atoms with Crippen molar-refractivity contribution in [3.05, 3.63) is 24.3 Å². The first-order valence-corrected chi connectivity index (χ1v) is 11.8. The third kappa shape index (κ3) is 4.16. The average molecular weight is 389 g/mol. The fourth-order valence-electron chi connectivity index (χ4n) is 3.40. The lowest BCUT2D eigenvalue weighted by Gasteiger charge is -2.36. The van der Waals surface area contributed by atoms with Gasteiger partial charge < -0.3 is 4.74 Å². The smallest absolute Gasteiger partial charge is 0.243 e. The monoisotopic (exact) mass is 388 g/mol. The van der Waals surface area contributed by atoms with Crippen LogP contribution in [0.1, 0.15) is 13.3 Å². The van der Waals surface area contributed by atoms with Crippen LogP contribution in [0.4, 0.5) is 0 Å². The summed E-state index contributed by atoms with van der Waals surface area (Å²) < 4.78 is 55.6. The van der Waals surface area contributed by atoms with Crippen LogP contribution in [-0.2, 0) is 19.9 Å². The molecule has 2 heterocycles. The lowest BCUT2D eigenvalue weighted by molar-refractivity contribution is 0.148. The van der Waals surface area contributed by atoms with Crippen molar-refractivity contribution in [1.82, 2.24) is 9.21 Å². The van der Waals surface area contributed by atoms with Crippen molar-refractivity contribution in [2.75, 3.05) is 44.3 Å². The van der Waals surface area contributed by atoms with Crippen molar-refractivity contribution in [1.29, 1.82) is 0 Å². The zero-order chi connectivity index (χ0) is 18.1. The number of nitrogens with zero attached hydrogens (tertiary/aromatic N) is 2. The van der Waals surface area contributed by atoms with Gasteiger partial charge in [-0.15, -0.1) is 0 Å². The van der Waals surface area contributed by atoms with Gasteiger partial charge in [0, 0.05) is 32.2 Å². The molecule has 0 saturated carbocycles. The van der Waals surface area contributed by atoms with Crippen molar-refractivity contribution in [2.24, 2.45) is 0 Å². The number of ether oxygens (including phenoxy) is 1. The number of sulfone groups is 1. The minimum absolute atomic E-state index is 0.0281. The molecule has 1 aromatic rings. The van der Waals surface area contributed by atoms with E-state index < -0.39 is 19.9 Å². The van der Waals surface area contributed by atoms with Crippen LogP contribution in [0, 0.1) is 0 Å². The second-order valence-corrected chi connectivity index (χ2v) is 10.6. The minimum Gasteiger partial charge on any atom is -0.494 e. The Balaban J connectivity index is 1.63. The quantitative estimate of drug-likeness (QED) is 0.734. The van der Waals surface area contributed by atoms with E-state index in [1.165, 1.54) is 4.31 Å². The summed E-state index contributed by atoms with van der Waals surface area (Å²) in [6.07, 6.45) is 0.647. The molecular formula is C16H24N2O5S2. The summed E-state index contributed by atoms with van der Waals surface area (Å²) in [6.45, 7) is 4.30. The van der Waals surface area contributed by atoms with Gasteiger partial charge in [-0.05, 0) is 37.6 Å². The Morgan fingerprint density at radius 1 is 1.12 bits per heavy atom. The van der Waals surface area contributed by atoms with E-state index in [0.717, 1.165) is 0 Å². The molecule has 0 amide bonds. The molecule has 25 heavy (non-hydrogen) atoms. The van der Waals surface area contributed by atoms with Gasteiger partial charge in [-0.1, -0.05) is 0 Å². The second kappa shape index (κ2) is 7.22. The van der Waals surface area contributed by atoms with Crippen LogP contribution in [0.3, 0.4) is 0 Å². The number of piperazine rings is 1. The fraction of sp³-hybridized carbons (Fsp3) is 0.625. The average Bonchev–Trinajstić information content (AvgIpc) is 2.96. The van der Waals surface area contributed by atoms with Crippen molar-refractivity contribution in [3.8, 4) is 5.75 Å².